The van der Waals surface area contributed by atoms with Gasteiger partial charge in [-0.25, -0.2) is 0 Å². The zero-order valence-electron chi connectivity index (χ0n) is 13.8. The van der Waals surface area contributed by atoms with E-state index in [0.29, 0.717) is 0 Å². The standard InChI is InChI=1S/C16H21F3N2O2/c1-14(2,3)21-13(23)15(4,5)12(22)20-11-9-7-6-8-10(11)16(17,18)19/h6-9H,1-5H3,(H,20,22)(H,21,23). The lowest BCUT2D eigenvalue weighted by molar-refractivity contribution is -0.139. The van der Waals surface area contributed by atoms with Crippen LogP contribution in [0.5, 0.6) is 0 Å². The Hall–Kier alpha value is -2.05. The van der Waals surface area contributed by atoms with Crippen LogP contribution in [0.4, 0.5) is 18.9 Å². The summed E-state index contributed by atoms with van der Waals surface area (Å²) in [4.78, 5) is 24.5. The largest absolute Gasteiger partial charge is 0.418 e. The van der Waals surface area contributed by atoms with Crippen LogP contribution in [0.3, 0.4) is 0 Å². The highest BCUT2D eigenvalue weighted by Crippen LogP contribution is 2.35. The van der Waals surface area contributed by atoms with Crippen molar-refractivity contribution in [1.29, 1.82) is 0 Å². The third-order valence-corrected chi connectivity index (χ3v) is 3.10. The lowest BCUT2D eigenvalue weighted by atomic mass is 9.89. The molecule has 0 atom stereocenters. The Bertz CT molecular complexity index is 602. The summed E-state index contributed by atoms with van der Waals surface area (Å²) in [6.45, 7) is 7.97. The van der Waals surface area contributed by atoms with Gasteiger partial charge in [0.1, 0.15) is 5.41 Å². The van der Waals surface area contributed by atoms with Crippen molar-refractivity contribution in [2.45, 2.75) is 46.3 Å². The minimum atomic E-state index is -4.60. The van der Waals surface area contributed by atoms with Crippen molar-refractivity contribution >= 4 is 17.5 Å². The summed E-state index contributed by atoms with van der Waals surface area (Å²) in [7, 11) is 0. The van der Waals surface area contributed by atoms with Gasteiger partial charge < -0.3 is 10.6 Å². The molecule has 2 amide bonds. The van der Waals surface area contributed by atoms with Crippen LogP contribution in [0.1, 0.15) is 40.2 Å². The van der Waals surface area contributed by atoms with Crippen LogP contribution >= 0.6 is 0 Å². The van der Waals surface area contributed by atoms with E-state index in [-0.39, 0.29) is 5.69 Å². The van der Waals surface area contributed by atoms with E-state index in [1.54, 1.807) is 20.8 Å². The molecule has 0 heterocycles. The van der Waals surface area contributed by atoms with Crippen LogP contribution in [0.25, 0.3) is 0 Å². The summed E-state index contributed by atoms with van der Waals surface area (Å²) in [6, 6.07) is 4.64. The van der Waals surface area contributed by atoms with E-state index in [9.17, 15) is 22.8 Å². The first-order valence-electron chi connectivity index (χ1n) is 7.05. The molecule has 0 aliphatic heterocycles. The molecule has 0 aliphatic rings. The Balaban J connectivity index is 3.02. The molecular formula is C16H21F3N2O2. The maximum Gasteiger partial charge on any atom is 0.418 e. The van der Waals surface area contributed by atoms with Gasteiger partial charge in [-0.1, -0.05) is 12.1 Å². The van der Waals surface area contributed by atoms with Crippen molar-refractivity contribution in [3.8, 4) is 0 Å². The first-order valence-corrected chi connectivity index (χ1v) is 7.05. The fraction of sp³-hybridized carbons (Fsp3) is 0.500. The molecule has 7 heteroatoms. The molecule has 0 aromatic heterocycles. The van der Waals surface area contributed by atoms with Crippen molar-refractivity contribution in [2.24, 2.45) is 5.41 Å². The summed E-state index contributed by atoms with van der Waals surface area (Å²) in [5.74, 6) is -1.37. The number of amides is 2. The number of carbonyl (C=O) groups excluding carboxylic acids is 2. The van der Waals surface area contributed by atoms with Crippen LogP contribution in [0, 0.1) is 5.41 Å². The number of nitrogens with one attached hydrogen (secondary N) is 2. The molecule has 0 radical (unpaired) electrons. The minimum Gasteiger partial charge on any atom is -0.351 e. The smallest absolute Gasteiger partial charge is 0.351 e. The zero-order valence-corrected chi connectivity index (χ0v) is 13.8. The van der Waals surface area contributed by atoms with Crippen molar-refractivity contribution < 1.29 is 22.8 Å². The number of rotatable bonds is 3. The number of anilines is 1. The van der Waals surface area contributed by atoms with Gasteiger partial charge in [0, 0.05) is 5.54 Å². The van der Waals surface area contributed by atoms with Crippen LogP contribution in [-0.2, 0) is 15.8 Å². The van der Waals surface area contributed by atoms with Gasteiger partial charge in [0.2, 0.25) is 11.8 Å². The predicted molar refractivity (Wildman–Crippen MR) is 81.8 cm³/mol. The molecule has 128 valence electrons. The van der Waals surface area contributed by atoms with E-state index in [0.717, 1.165) is 12.1 Å². The Morgan fingerprint density at radius 3 is 1.91 bits per heavy atom. The third kappa shape index (κ3) is 4.97. The van der Waals surface area contributed by atoms with Crippen molar-refractivity contribution in [2.75, 3.05) is 5.32 Å². The van der Waals surface area contributed by atoms with Gasteiger partial charge in [0.05, 0.1) is 11.3 Å². The van der Waals surface area contributed by atoms with Gasteiger partial charge in [0.25, 0.3) is 0 Å². The molecule has 0 fully saturated rings. The summed E-state index contributed by atoms with van der Waals surface area (Å²) in [5.41, 5.74) is -3.41. The van der Waals surface area contributed by atoms with E-state index < -0.39 is 34.5 Å². The maximum absolute atomic E-state index is 12.9. The zero-order chi connectivity index (χ0) is 18.1. The molecule has 23 heavy (non-hydrogen) atoms. The molecule has 1 aromatic rings. The summed E-state index contributed by atoms with van der Waals surface area (Å²) in [5, 5.41) is 4.85. The first kappa shape index (κ1) is 19.0. The van der Waals surface area contributed by atoms with Crippen LogP contribution in [0.15, 0.2) is 24.3 Å². The average Bonchev–Trinajstić information content (AvgIpc) is 2.35. The van der Waals surface area contributed by atoms with Crippen molar-refractivity contribution in [1.82, 2.24) is 5.32 Å². The first-order chi connectivity index (χ1) is 10.2. The Labute approximate surface area is 133 Å². The molecule has 0 saturated carbocycles. The monoisotopic (exact) mass is 330 g/mol. The SMILES string of the molecule is CC(C)(C)NC(=O)C(C)(C)C(=O)Nc1ccccc1C(F)(F)F. The summed E-state index contributed by atoms with van der Waals surface area (Å²) in [6.07, 6.45) is -4.60. The average molecular weight is 330 g/mol. The molecular weight excluding hydrogens is 309 g/mol. The van der Waals surface area contributed by atoms with E-state index in [2.05, 4.69) is 10.6 Å². The molecule has 0 unspecified atom stereocenters. The van der Waals surface area contributed by atoms with Crippen molar-refractivity contribution in [3.05, 3.63) is 29.8 Å². The number of para-hydroxylation sites is 1. The fourth-order valence-electron chi connectivity index (χ4n) is 1.72. The van der Waals surface area contributed by atoms with Gasteiger partial charge in [-0.2, -0.15) is 13.2 Å². The lowest BCUT2D eigenvalue weighted by Gasteiger charge is -2.29. The number of benzene rings is 1. The van der Waals surface area contributed by atoms with E-state index in [1.165, 1.54) is 26.0 Å². The van der Waals surface area contributed by atoms with Crippen LogP contribution < -0.4 is 10.6 Å². The Kier molecular flexibility index (Phi) is 5.13. The summed E-state index contributed by atoms with van der Waals surface area (Å²) >= 11 is 0. The number of halogens is 3. The third-order valence-electron chi connectivity index (χ3n) is 3.10. The second kappa shape index (κ2) is 6.22. The molecule has 0 aliphatic carbocycles. The lowest BCUT2D eigenvalue weighted by Crippen LogP contribution is -2.51. The molecule has 4 nitrogen and oxygen atoms in total. The molecule has 1 rings (SSSR count). The van der Waals surface area contributed by atoms with Crippen LogP contribution in [0.2, 0.25) is 0 Å². The molecule has 0 saturated heterocycles. The number of hydrogen-bond donors (Lipinski definition) is 2. The van der Waals surface area contributed by atoms with Gasteiger partial charge in [-0.3, -0.25) is 9.59 Å². The van der Waals surface area contributed by atoms with Gasteiger partial charge in [-0.05, 0) is 46.8 Å². The highest BCUT2D eigenvalue weighted by molar-refractivity contribution is 6.10. The molecule has 0 bridgehead atoms. The molecule has 0 spiro atoms. The second-order valence-corrected chi connectivity index (χ2v) is 6.83. The quantitative estimate of drug-likeness (QED) is 0.832. The molecule has 2 N–H and O–H groups in total. The maximum atomic E-state index is 12.9. The highest BCUT2D eigenvalue weighted by atomic mass is 19.4. The number of hydrogen-bond acceptors (Lipinski definition) is 2. The number of carbonyl (C=O) groups is 2. The van der Waals surface area contributed by atoms with Gasteiger partial charge in [0.15, 0.2) is 0 Å². The van der Waals surface area contributed by atoms with E-state index in [1.807, 2.05) is 0 Å². The summed E-state index contributed by atoms with van der Waals surface area (Å²) < 4.78 is 38.8. The van der Waals surface area contributed by atoms with E-state index >= 15 is 0 Å². The highest BCUT2D eigenvalue weighted by Gasteiger charge is 2.39. The van der Waals surface area contributed by atoms with Gasteiger partial charge in [-0.15, -0.1) is 0 Å². The minimum absolute atomic E-state index is 0.373. The van der Waals surface area contributed by atoms with Crippen molar-refractivity contribution in [3.63, 3.8) is 0 Å². The Morgan fingerprint density at radius 1 is 0.913 bits per heavy atom. The number of alkyl halides is 3. The fourth-order valence-corrected chi connectivity index (χ4v) is 1.72. The topological polar surface area (TPSA) is 58.2 Å². The normalized spacial score (nSPS) is 12.7. The second-order valence-electron chi connectivity index (χ2n) is 6.83. The predicted octanol–water partition coefficient (Wildman–Crippen LogP) is 3.58. The van der Waals surface area contributed by atoms with Gasteiger partial charge >= 0.3 is 6.18 Å². The Morgan fingerprint density at radius 2 is 1.43 bits per heavy atom. The van der Waals surface area contributed by atoms with E-state index in [4.69, 9.17) is 0 Å². The molecule has 1 aromatic carbocycles. The van der Waals surface area contributed by atoms with Crippen LogP contribution in [-0.4, -0.2) is 17.4 Å².